The van der Waals surface area contributed by atoms with Crippen molar-refractivity contribution in [1.82, 2.24) is 44.7 Å². The molecule has 4 aromatic rings. The highest BCUT2D eigenvalue weighted by molar-refractivity contribution is 5.70. The van der Waals surface area contributed by atoms with Crippen molar-refractivity contribution in [2.45, 2.75) is 45.1 Å². The third-order valence-electron chi connectivity index (χ3n) is 5.68. The van der Waals surface area contributed by atoms with Crippen molar-refractivity contribution in [2.75, 3.05) is 18.4 Å². The molecule has 0 atom stereocenters. The number of anilines is 2. The zero-order valence-electron chi connectivity index (χ0n) is 19.6. The van der Waals surface area contributed by atoms with Gasteiger partial charge in [0.1, 0.15) is 23.6 Å². The lowest BCUT2D eigenvalue weighted by Gasteiger charge is -2.32. The molecule has 1 fully saturated rings. The molecule has 182 valence electrons. The van der Waals surface area contributed by atoms with Gasteiger partial charge in [-0.15, -0.1) is 15.3 Å². The van der Waals surface area contributed by atoms with Gasteiger partial charge in [0.15, 0.2) is 5.82 Å². The zero-order valence-corrected chi connectivity index (χ0v) is 19.6. The number of tetrazole rings is 1. The Hall–Kier alpha value is -4.16. The van der Waals surface area contributed by atoms with Crippen LogP contribution in [0.3, 0.4) is 0 Å². The number of piperidine rings is 1. The molecule has 35 heavy (non-hydrogen) atoms. The summed E-state index contributed by atoms with van der Waals surface area (Å²) in [6, 6.07) is 4.60. The van der Waals surface area contributed by atoms with Gasteiger partial charge in [-0.3, -0.25) is 4.40 Å². The van der Waals surface area contributed by atoms with Crippen LogP contribution in [0.4, 0.5) is 20.7 Å². The number of halogens is 1. The van der Waals surface area contributed by atoms with Crippen molar-refractivity contribution in [3.05, 3.63) is 48.6 Å². The maximum atomic E-state index is 14.8. The van der Waals surface area contributed by atoms with Gasteiger partial charge < -0.3 is 15.0 Å². The Morgan fingerprint density at radius 2 is 2.00 bits per heavy atom. The van der Waals surface area contributed by atoms with Crippen molar-refractivity contribution in [3.63, 3.8) is 0 Å². The predicted molar refractivity (Wildman–Crippen MR) is 123 cm³/mol. The molecule has 1 saturated heterocycles. The summed E-state index contributed by atoms with van der Waals surface area (Å²) in [5, 5.41) is 22.6. The first-order valence-electron chi connectivity index (χ1n) is 11.3. The smallest absolute Gasteiger partial charge is 0.410 e. The lowest BCUT2D eigenvalue weighted by molar-refractivity contribution is 0.0203. The number of hydrogen-bond acceptors (Lipinski definition) is 9. The second-order valence-corrected chi connectivity index (χ2v) is 9.31. The maximum absolute atomic E-state index is 14.8. The minimum absolute atomic E-state index is 0.117. The molecule has 5 rings (SSSR count). The second kappa shape index (κ2) is 8.89. The SMILES string of the molecule is CC(C)(C)OC(=O)N1CCC(c2nnc3c(Nc4ccc(-n5cnnn5)cc4F)nccn23)CC1. The van der Waals surface area contributed by atoms with E-state index < -0.39 is 11.4 Å². The number of hydrogen-bond donors (Lipinski definition) is 1. The van der Waals surface area contributed by atoms with Crippen LogP contribution in [-0.4, -0.2) is 69.5 Å². The van der Waals surface area contributed by atoms with E-state index >= 15 is 0 Å². The third kappa shape index (κ3) is 4.74. The van der Waals surface area contributed by atoms with E-state index in [1.807, 2.05) is 25.2 Å². The average Bonchev–Trinajstić information content (AvgIpc) is 3.50. The van der Waals surface area contributed by atoms with E-state index in [4.69, 9.17) is 4.74 Å². The van der Waals surface area contributed by atoms with Crippen LogP contribution in [0.5, 0.6) is 0 Å². The number of fused-ring (bicyclic) bond motifs is 1. The highest BCUT2D eigenvalue weighted by atomic mass is 19.1. The van der Waals surface area contributed by atoms with Crippen LogP contribution in [0.1, 0.15) is 45.4 Å². The number of rotatable bonds is 4. The van der Waals surface area contributed by atoms with Crippen LogP contribution in [-0.2, 0) is 4.74 Å². The minimum Gasteiger partial charge on any atom is -0.444 e. The Morgan fingerprint density at radius 3 is 2.69 bits per heavy atom. The molecule has 1 aliphatic rings. The van der Waals surface area contributed by atoms with Crippen molar-refractivity contribution in [3.8, 4) is 5.69 Å². The number of aromatic nitrogens is 8. The molecule has 1 aliphatic heterocycles. The predicted octanol–water partition coefficient (Wildman–Crippen LogP) is 3.10. The number of nitrogens with one attached hydrogen (secondary N) is 1. The monoisotopic (exact) mass is 480 g/mol. The lowest BCUT2D eigenvalue weighted by Crippen LogP contribution is -2.41. The minimum atomic E-state index is -0.527. The molecular weight excluding hydrogens is 455 g/mol. The van der Waals surface area contributed by atoms with Crippen LogP contribution >= 0.6 is 0 Å². The Balaban J connectivity index is 1.32. The first-order chi connectivity index (χ1) is 16.8. The van der Waals surface area contributed by atoms with Crippen molar-refractivity contribution >= 4 is 23.2 Å². The van der Waals surface area contributed by atoms with E-state index in [2.05, 4.69) is 36.0 Å². The summed E-state index contributed by atoms with van der Waals surface area (Å²) in [4.78, 5) is 18.4. The van der Waals surface area contributed by atoms with Crippen LogP contribution in [0, 0.1) is 5.82 Å². The number of benzene rings is 1. The van der Waals surface area contributed by atoms with Gasteiger partial charge in [0.2, 0.25) is 5.65 Å². The molecule has 0 saturated carbocycles. The highest BCUT2D eigenvalue weighted by Crippen LogP contribution is 2.30. The van der Waals surface area contributed by atoms with Crippen molar-refractivity contribution < 1.29 is 13.9 Å². The van der Waals surface area contributed by atoms with E-state index in [9.17, 15) is 9.18 Å². The summed E-state index contributed by atoms with van der Waals surface area (Å²) in [6.45, 7) is 6.71. The average molecular weight is 481 g/mol. The molecule has 0 bridgehead atoms. The van der Waals surface area contributed by atoms with Crippen molar-refractivity contribution in [1.29, 1.82) is 0 Å². The highest BCUT2D eigenvalue weighted by Gasteiger charge is 2.30. The number of likely N-dealkylation sites (tertiary alicyclic amines) is 1. The Bertz CT molecular complexity index is 1340. The van der Waals surface area contributed by atoms with E-state index in [0.717, 1.165) is 18.7 Å². The fourth-order valence-corrected chi connectivity index (χ4v) is 4.01. The molecule has 0 spiro atoms. The molecule has 12 nitrogen and oxygen atoms in total. The molecule has 3 aromatic heterocycles. The normalized spacial score (nSPS) is 14.9. The van der Waals surface area contributed by atoms with Gasteiger partial charge in [-0.05, 0) is 56.2 Å². The zero-order chi connectivity index (χ0) is 24.6. The molecular formula is C22H25FN10O2. The molecule has 4 heterocycles. The summed E-state index contributed by atoms with van der Waals surface area (Å²) >= 11 is 0. The number of nitrogens with zero attached hydrogens (tertiary/aromatic N) is 9. The van der Waals surface area contributed by atoms with Gasteiger partial charge >= 0.3 is 6.09 Å². The van der Waals surface area contributed by atoms with Gasteiger partial charge in [-0.2, -0.15) is 0 Å². The summed E-state index contributed by atoms with van der Waals surface area (Å²) in [5.74, 6) is 0.789. The summed E-state index contributed by atoms with van der Waals surface area (Å²) in [7, 11) is 0. The molecule has 1 amide bonds. The lowest BCUT2D eigenvalue weighted by atomic mass is 9.96. The maximum Gasteiger partial charge on any atom is 0.410 e. The Morgan fingerprint density at radius 1 is 1.20 bits per heavy atom. The van der Waals surface area contributed by atoms with Crippen LogP contribution in [0.2, 0.25) is 0 Å². The summed E-state index contributed by atoms with van der Waals surface area (Å²) in [5.41, 5.74) is 0.686. The Labute approximate surface area is 200 Å². The van der Waals surface area contributed by atoms with Crippen LogP contribution in [0.15, 0.2) is 36.9 Å². The fourth-order valence-electron chi connectivity index (χ4n) is 4.01. The van der Waals surface area contributed by atoms with Gasteiger partial charge in [-0.1, -0.05) is 0 Å². The van der Waals surface area contributed by atoms with E-state index in [0.29, 0.717) is 30.2 Å². The molecule has 0 unspecified atom stereocenters. The summed E-state index contributed by atoms with van der Waals surface area (Å²) < 4.78 is 23.5. The largest absolute Gasteiger partial charge is 0.444 e. The van der Waals surface area contributed by atoms with Crippen LogP contribution in [0.25, 0.3) is 11.3 Å². The topological polar surface area (TPSA) is 128 Å². The Kier molecular flexibility index (Phi) is 5.75. The quantitative estimate of drug-likeness (QED) is 0.468. The number of ether oxygens (including phenoxy) is 1. The van der Waals surface area contributed by atoms with E-state index in [1.54, 1.807) is 29.4 Å². The first-order valence-corrected chi connectivity index (χ1v) is 11.3. The van der Waals surface area contributed by atoms with Gasteiger partial charge in [-0.25, -0.2) is 18.9 Å². The van der Waals surface area contributed by atoms with Gasteiger partial charge in [0.25, 0.3) is 0 Å². The molecule has 0 radical (unpaired) electrons. The molecule has 1 aromatic carbocycles. The first kappa shape index (κ1) is 22.6. The van der Waals surface area contributed by atoms with E-state index in [1.165, 1.54) is 17.1 Å². The second-order valence-electron chi connectivity index (χ2n) is 9.31. The summed E-state index contributed by atoms with van der Waals surface area (Å²) in [6.07, 6.45) is 5.96. The molecule has 0 aliphatic carbocycles. The number of carbonyl (C=O) groups excluding carboxylic acids is 1. The molecule has 13 heteroatoms. The molecule has 1 N–H and O–H groups in total. The number of carbonyl (C=O) groups is 1. The fraction of sp³-hybridized carbons (Fsp3) is 0.409. The van der Waals surface area contributed by atoms with Gasteiger partial charge in [0, 0.05) is 37.5 Å². The van der Waals surface area contributed by atoms with Gasteiger partial charge in [0.05, 0.1) is 11.4 Å². The van der Waals surface area contributed by atoms with Crippen molar-refractivity contribution in [2.24, 2.45) is 0 Å². The number of amides is 1. The standard InChI is InChI=1S/C22H25FN10O2/c1-22(2,3)35-21(34)31-9-6-14(7-10-31)19-27-28-20-18(24-8-11-32(19)20)26-17-5-4-15(12-16(17)23)33-13-25-29-30-33/h4-5,8,11-14H,6-7,9-10H2,1-3H3,(H,24,26). The van der Waals surface area contributed by atoms with E-state index in [-0.39, 0.29) is 17.7 Å². The third-order valence-corrected chi connectivity index (χ3v) is 5.68. The van der Waals surface area contributed by atoms with Crippen LogP contribution < -0.4 is 5.32 Å².